The summed E-state index contributed by atoms with van der Waals surface area (Å²) in [6, 6.07) is 10.0. The molecule has 1 aromatic heterocycles. The van der Waals surface area contributed by atoms with E-state index in [1.807, 2.05) is 0 Å². The number of hydrogen-bond acceptors (Lipinski definition) is 6. The van der Waals surface area contributed by atoms with Gasteiger partial charge in [0.15, 0.2) is 11.5 Å². The van der Waals surface area contributed by atoms with E-state index < -0.39 is 12.0 Å². The average Bonchev–Trinajstić information content (AvgIpc) is 3.12. The van der Waals surface area contributed by atoms with Crippen molar-refractivity contribution >= 4 is 16.7 Å². The summed E-state index contributed by atoms with van der Waals surface area (Å²) in [6.45, 7) is 0.408. The first kappa shape index (κ1) is 17.2. The molecule has 0 atom stereocenters. The number of methoxy groups -OCH3 is 1. The minimum Gasteiger partial charge on any atom is -0.497 e. The first-order valence-electron chi connectivity index (χ1n) is 7.99. The number of halogens is 3. The molecule has 27 heavy (non-hydrogen) atoms. The van der Waals surface area contributed by atoms with Crippen LogP contribution in [0, 0.1) is 0 Å². The molecule has 1 aliphatic heterocycles. The normalized spacial score (nSPS) is 13.0. The highest BCUT2D eigenvalue weighted by molar-refractivity contribution is 5.90. The van der Waals surface area contributed by atoms with Crippen LogP contribution in [0.5, 0.6) is 17.2 Å². The van der Waals surface area contributed by atoms with Gasteiger partial charge in [-0.1, -0.05) is 6.07 Å². The zero-order chi connectivity index (χ0) is 19.0. The van der Waals surface area contributed by atoms with Gasteiger partial charge < -0.3 is 19.5 Å². The monoisotopic (exact) mass is 377 g/mol. The molecule has 1 aliphatic rings. The molecule has 4 rings (SSSR count). The zero-order valence-corrected chi connectivity index (χ0v) is 14.1. The van der Waals surface area contributed by atoms with Crippen LogP contribution in [0.25, 0.3) is 10.9 Å². The lowest BCUT2D eigenvalue weighted by molar-refractivity contribution is -0.144. The maximum Gasteiger partial charge on any atom is 0.451 e. The summed E-state index contributed by atoms with van der Waals surface area (Å²) in [6.07, 6.45) is -4.66. The molecule has 2 heterocycles. The van der Waals surface area contributed by atoms with E-state index in [1.165, 1.54) is 13.2 Å². The molecular formula is C18H14F3N3O3. The molecular weight excluding hydrogens is 363 g/mol. The van der Waals surface area contributed by atoms with Gasteiger partial charge in [-0.15, -0.1) is 0 Å². The number of alkyl halides is 3. The highest BCUT2D eigenvalue weighted by Gasteiger charge is 2.35. The maximum absolute atomic E-state index is 13.2. The van der Waals surface area contributed by atoms with Gasteiger partial charge in [0, 0.05) is 18.0 Å². The fourth-order valence-corrected chi connectivity index (χ4v) is 2.73. The second kappa shape index (κ2) is 6.49. The van der Waals surface area contributed by atoms with E-state index in [2.05, 4.69) is 15.3 Å². The Bertz CT molecular complexity index is 1010. The van der Waals surface area contributed by atoms with Crippen LogP contribution in [-0.2, 0) is 12.7 Å². The fraction of sp³-hybridized carbons (Fsp3) is 0.222. The van der Waals surface area contributed by atoms with Gasteiger partial charge in [0.2, 0.25) is 12.6 Å². The molecule has 3 aromatic rings. The fourth-order valence-electron chi connectivity index (χ4n) is 2.73. The second-order valence-corrected chi connectivity index (χ2v) is 5.82. The van der Waals surface area contributed by atoms with Crippen LogP contribution in [0.15, 0.2) is 36.4 Å². The highest BCUT2D eigenvalue weighted by atomic mass is 19.4. The summed E-state index contributed by atoms with van der Waals surface area (Å²) < 4.78 is 55.2. The molecule has 6 nitrogen and oxygen atoms in total. The number of aromatic nitrogens is 2. The van der Waals surface area contributed by atoms with E-state index in [4.69, 9.17) is 14.2 Å². The number of fused-ring (bicyclic) bond motifs is 2. The molecule has 0 radical (unpaired) electrons. The van der Waals surface area contributed by atoms with Crippen molar-refractivity contribution in [2.75, 3.05) is 19.2 Å². The molecule has 0 spiro atoms. The Morgan fingerprint density at radius 3 is 2.67 bits per heavy atom. The summed E-state index contributed by atoms with van der Waals surface area (Å²) >= 11 is 0. The van der Waals surface area contributed by atoms with Crippen molar-refractivity contribution in [3.05, 3.63) is 47.8 Å². The van der Waals surface area contributed by atoms with Crippen LogP contribution < -0.4 is 19.5 Å². The minimum absolute atomic E-state index is 0.0904. The van der Waals surface area contributed by atoms with Crippen molar-refractivity contribution in [2.45, 2.75) is 12.7 Å². The van der Waals surface area contributed by atoms with Crippen LogP contribution in [0.4, 0.5) is 19.0 Å². The van der Waals surface area contributed by atoms with Crippen LogP contribution in [0.2, 0.25) is 0 Å². The van der Waals surface area contributed by atoms with Crippen molar-refractivity contribution in [2.24, 2.45) is 0 Å². The van der Waals surface area contributed by atoms with Crippen molar-refractivity contribution < 1.29 is 27.4 Å². The van der Waals surface area contributed by atoms with Gasteiger partial charge in [-0.3, -0.25) is 0 Å². The summed E-state index contributed by atoms with van der Waals surface area (Å²) in [5.74, 6) is 0.528. The summed E-state index contributed by atoms with van der Waals surface area (Å²) in [5, 5.41) is 3.42. The third-order valence-electron chi connectivity index (χ3n) is 4.05. The molecule has 0 saturated carbocycles. The largest absolute Gasteiger partial charge is 0.497 e. The molecule has 0 amide bonds. The molecule has 0 aliphatic carbocycles. The maximum atomic E-state index is 13.2. The van der Waals surface area contributed by atoms with E-state index in [-0.39, 0.29) is 24.7 Å². The Balaban J connectivity index is 1.69. The number of ether oxygens (including phenoxy) is 3. The van der Waals surface area contributed by atoms with Gasteiger partial charge >= 0.3 is 6.18 Å². The third-order valence-corrected chi connectivity index (χ3v) is 4.05. The zero-order valence-electron chi connectivity index (χ0n) is 14.1. The van der Waals surface area contributed by atoms with Crippen LogP contribution in [0.1, 0.15) is 11.4 Å². The van der Waals surface area contributed by atoms with E-state index in [0.29, 0.717) is 22.6 Å². The minimum atomic E-state index is -4.66. The molecule has 9 heteroatoms. The lowest BCUT2D eigenvalue weighted by Gasteiger charge is -2.13. The Hall–Kier alpha value is -3.23. The SMILES string of the molecule is COc1ccc2c(NCc3ccc4c(c3)OCO4)nc(C(F)(F)F)nc2c1. The van der Waals surface area contributed by atoms with E-state index in [0.717, 1.165) is 5.56 Å². The predicted molar refractivity (Wildman–Crippen MR) is 91.0 cm³/mol. The number of benzene rings is 2. The van der Waals surface area contributed by atoms with Crippen LogP contribution in [-0.4, -0.2) is 23.9 Å². The lowest BCUT2D eigenvalue weighted by Crippen LogP contribution is -2.13. The van der Waals surface area contributed by atoms with Crippen molar-refractivity contribution in [1.29, 1.82) is 0 Å². The number of nitrogens with zero attached hydrogens (tertiary/aromatic N) is 2. The molecule has 2 aromatic carbocycles. The van der Waals surface area contributed by atoms with Gasteiger partial charge in [0.05, 0.1) is 12.6 Å². The second-order valence-electron chi connectivity index (χ2n) is 5.82. The Labute approximate surface area is 151 Å². The quantitative estimate of drug-likeness (QED) is 0.742. The molecule has 0 saturated heterocycles. The van der Waals surface area contributed by atoms with Crippen molar-refractivity contribution in [1.82, 2.24) is 9.97 Å². The predicted octanol–water partition coefficient (Wildman–Crippen LogP) is 4.00. The van der Waals surface area contributed by atoms with Crippen LogP contribution in [0.3, 0.4) is 0 Å². The summed E-state index contributed by atoms with van der Waals surface area (Å²) in [7, 11) is 1.44. The summed E-state index contributed by atoms with van der Waals surface area (Å²) in [4.78, 5) is 7.30. The first-order valence-corrected chi connectivity index (χ1v) is 7.99. The van der Waals surface area contributed by atoms with Crippen molar-refractivity contribution in [3.8, 4) is 17.2 Å². The average molecular weight is 377 g/mol. The number of anilines is 1. The van der Waals surface area contributed by atoms with Gasteiger partial charge in [0.25, 0.3) is 0 Å². The topological polar surface area (TPSA) is 65.5 Å². The summed E-state index contributed by atoms with van der Waals surface area (Å²) in [5.41, 5.74) is 0.956. The van der Waals surface area contributed by atoms with Gasteiger partial charge in [-0.2, -0.15) is 13.2 Å². The number of nitrogens with one attached hydrogen (secondary N) is 1. The molecule has 140 valence electrons. The molecule has 0 fully saturated rings. The van der Waals surface area contributed by atoms with E-state index in [1.54, 1.807) is 30.3 Å². The van der Waals surface area contributed by atoms with E-state index >= 15 is 0 Å². The van der Waals surface area contributed by atoms with Gasteiger partial charge in [0.1, 0.15) is 11.6 Å². The standard InChI is InChI=1S/C18H14F3N3O3/c1-25-11-3-4-12-13(7-11)23-17(18(19,20)21)24-16(12)22-8-10-2-5-14-15(6-10)27-9-26-14/h2-7H,8-9H2,1H3,(H,22,23,24). The Morgan fingerprint density at radius 2 is 1.89 bits per heavy atom. The Kier molecular flexibility index (Phi) is 4.14. The number of rotatable bonds is 4. The van der Waals surface area contributed by atoms with Crippen molar-refractivity contribution in [3.63, 3.8) is 0 Å². The highest BCUT2D eigenvalue weighted by Crippen LogP contribution is 2.34. The number of hydrogen-bond donors (Lipinski definition) is 1. The van der Waals surface area contributed by atoms with E-state index in [9.17, 15) is 13.2 Å². The van der Waals surface area contributed by atoms with Gasteiger partial charge in [-0.05, 0) is 29.8 Å². The van der Waals surface area contributed by atoms with Gasteiger partial charge in [-0.25, -0.2) is 9.97 Å². The smallest absolute Gasteiger partial charge is 0.451 e. The molecule has 0 unspecified atom stereocenters. The first-order chi connectivity index (χ1) is 12.9. The lowest BCUT2D eigenvalue weighted by atomic mass is 10.2. The Morgan fingerprint density at radius 1 is 1.07 bits per heavy atom. The van der Waals surface area contributed by atoms with Crippen LogP contribution >= 0.6 is 0 Å². The molecule has 1 N–H and O–H groups in total. The molecule has 0 bridgehead atoms. The third kappa shape index (κ3) is 3.40.